The number of nitrogens with one attached hydrogen (secondary N) is 1. The summed E-state index contributed by atoms with van der Waals surface area (Å²) in [6.45, 7) is 0.676. The molecular weight excluding hydrogens is 238 g/mol. The Morgan fingerprint density at radius 2 is 2.22 bits per heavy atom. The molecule has 1 fully saturated rings. The first-order valence-corrected chi connectivity index (χ1v) is 6.03. The fourth-order valence-electron chi connectivity index (χ4n) is 2.41. The van der Waals surface area contributed by atoms with Gasteiger partial charge >= 0.3 is 0 Å². The number of hydrogen-bond donors (Lipinski definition) is 2. The van der Waals surface area contributed by atoms with Gasteiger partial charge in [0.2, 0.25) is 5.91 Å². The molecule has 5 heteroatoms. The first-order chi connectivity index (χ1) is 8.56. The number of carbonyl (C=O) groups is 1. The molecule has 0 radical (unpaired) electrons. The van der Waals surface area contributed by atoms with Crippen LogP contribution in [0.25, 0.3) is 0 Å². The molecule has 1 saturated heterocycles. The summed E-state index contributed by atoms with van der Waals surface area (Å²) in [5.74, 6) is -1.07. The maximum absolute atomic E-state index is 13.5. The number of nitrogens with two attached hydrogens (primary N) is 1. The van der Waals surface area contributed by atoms with Crippen LogP contribution >= 0.6 is 0 Å². The van der Waals surface area contributed by atoms with Crippen molar-refractivity contribution in [3.8, 4) is 0 Å². The minimum Gasteiger partial charge on any atom is -0.368 e. The Balaban J connectivity index is 2.04. The number of primary amides is 1. The van der Waals surface area contributed by atoms with Gasteiger partial charge in [-0.2, -0.15) is 0 Å². The normalized spacial score (nSPS) is 23.9. The van der Waals surface area contributed by atoms with E-state index in [2.05, 4.69) is 5.32 Å². The highest BCUT2D eigenvalue weighted by molar-refractivity contribution is 5.79. The van der Waals surface area contributed by atoms with Crippen LogP contribution in [0.1, 0.15) is 18.4 Å². The van der Waals surface area contributed by atoms with E-state index in [1.54, 1.807) is 0 Å². The smallest absolute Gasteiger partial charge is 0.234 e. The standard InChI is InChI=1S/C13H16F2N2O/c14-10-1-2-11(15)9(7-10)5-8-3-4-17-12(6-8)13(16)18/h1-2,7-8,12,17H,3-6H2,(H2,16,18). The summed E-state index contributed by atoms with van der Waals surface area (Å²) in [5.41, 5.74) is 5.61. The molecule has 18 heavy (non-hydrogen) atoms. The predicted octanol–water partition coefficient (Wildman–Crippen LogP) is 1.36. The second-order valence-electron chi connectivity index (χ2n) is 4.74. The van der Waals surface area contributed by atoms with Crippen LogP contribution in [0.4, 0.5) is 8.78 Å². The third-order valence-electron chi connectivity index (χ3n) is 3.37. The molecule has 98 valence electrons. The minimum absolute atomic E-state index is 0.153. The Hall–Kier alpha value is -1.49. The van der Waals surface area contributed by atoms with E-state index >= 15 is 0 Å². The van der Waals surface area contributed by atoms with E-state index in [1.807, 2.05) is 0 Å². The van der Waals surface area contributed by atoms with Crippen LogP contribution < -0.4 is 11.1 Å². The van der Waals surface area contributed by atoms with E-state index in [0.717, 1.165) is 18.6 Å². The average Bonchev–Trinajstić information content (AvgIpc) is 2.34. The second kappa shape index (κ2) is 5.44. The Kier molecular flexibility index (Phi) is 3.91. The van der Waals surface area contributed by atoms with E-state index in [0.29, 0.717) is 24.9 Å². The summed E-state index contributed by atoms with van der Waals surface area (Å²) < 4.78 is 26.6. The lowest BCUT2D eigenvalue weighted by atomic mass is 9.87. The minimum atomic E-state index is -0.438. The molecule has 3 N–H and O–H groups in total. The van der Waals surface area contributed by atoms with Crippen LogP contribution in [-0.2, 0) is 11.2 Å². The summed E-state index contributed by atoms with van der Waals surface area (Å²) >= 11 is 0. The largest absolute Gasteiger partial charge is 0.368 e. The first-order valence-electron chi connectivity index (χ1n) is 6.03. The highest BCUT2D eigenvalue weighted by Crippen LogP contribution is 2.23. The van der Waals surface area contributed by atoms with E-state index in [-0.39, 0.29) is 17.9 Å². The Bertz CT molecular complexity index is 451. The molecule has 0 bridgehead atoms. The van der Waals surface area contributed by atoms with E-state index < -0.39 is 11.6 Å². The second-order valence-corrected chi connectivity index (χ2v) is 4.74. The van der Waals surface area contributed by atoms with Crippen molar-refractivity contribution in [3.63, 3.8) is 0 Å². The topological polar surface area (TPSA) is 55.1 Å². The third-order valence-corrected chi connectivity index (χ3v) is 3.37. The van der Waals surface area contributed by atoms with Crippen LogP contribution in [0.3, 0.4) is 0 Å². The molecule has 1 aliphatic heterocycles. The lowest BCUT2D eigenvalue weighted by Crippen LogP contribution is -2.47. The van der Waals surface area contributed by atoms with Crippen LogP contribution in [0, 0.1) is 17.6 Å². The van der Waals surface area contributed by atoms with Gasteiger partial charge in [0.1, 0.15) is 11.6 Å². The first kappa shape index (κ1) is 13.0. The van der Waals surface area contributed by atoms with Crippen LogP contribution in [0.5, 0.6) is 0 Å². The maximum Gasteiger partial charge on any atom is 0.234 e. The van der Waals surface area contributed by atoms with Crippen molar-refractivity contribution >= 4 is 5.91 Å². The molecule has 0 saturated carbocycles. The fourth-order valence-corrected chi connectivity index (χ4v) is 2.41. The molecule has 2 rings (SSSR count). The molecule has 0 spiro atoms. The highest BCUT2D eigenvalue weighted by Gasteiger charge is 2.25. The number of rotatable bonds is 3. The third kappa shape index (κ3) is 3.04. The number of piperidine rings is 1. The number of halogens is 2. The summed E-state index contributed by atoms with van der Waals surface area (Å²) in [7, 11) is 0. The lowest BCUT2D eigenvalue weighted by Gasteiger charge is -2.28. The van der Waals surface area contributed by atoms with Gasteiger partial charge in [0, 0.05) is 0 Å². The van der Waals surface area contributed by atoms with Gasteiger partial charge in [-0.05, 0) is 55.5 Å². The maximum atomic E-state index is 13.5. The molecule has 0 aliphatic carbocycles. The van der Waals surface area contributed by atoms with Crippen molar-refractivity contribution in [2.75, 3.05) is 6.54 Å². The van der Waals surface area contributed by atoms with Crippen molar-refractivity contribution < 1.29 is 13.6 Å². The van der Waals surface area contributed by atoms with Crippen molar-refractivity contribution in [1.82, 2.24) is 5.32 Å². The van der Waals surface area contributed by atoms with Crippen LogP contribution in [0.15, 0.2) is 18.2 Å². The Labute approximate surface area is 104 Å². The number of carbonyl (C=O) groups excluding carboxylic acids is 1. The Morgan fingerprint density at radius 3 is 2.94 bits per heavy atom. The Morgan fingerprint density at radius 1 is 1.44 bits per heavy atom. The number of amides is 1. The summed E-state index contributed by atoms with van der Waals surface area (Å²) in [5, 5.41) is 3.02. The summed E-state index contributed by atoms with van der Waals surface area (Å²) in [6.07, 6.45) is 1.85. The molecule has 0 aromatic heterocycles. The SMILES string of the molecule is NC(=O)C1CC(Cc2cc(F)ccc2F)CCN1. The average molecular weight is 254 g/mol. The van der Waals surface area contributed by atoms with Crippen molar-refractivity contribution in [2.45, 2.75) is 25.3 Å². The van der Waals surface area contributed by atoms with Gasteiger partial charge in [0.05, 0.1) is 6.04 Å². The van der Waals surface area contributed by atoms with Gasteiger partial charge in [-0.3, -0.25) is 4.79 Å². The van der Waals surface area contributed by atoms with Gasteiger partial charge in [-0.1, -0.05) is 0 Å². The highest BCUT2D eigenvalue weighted by atomic mass is 19.1. The molecule has 2 atom stereocenters. The fraction of sp³-hybridized carbons (Fsp3) is 0.462. The lowest BCUT2D eigenvalue weighted by molar-refractivity contribution is -0.120. The molecule has 1 amide bonds. The van der Waals surface area contributed by atoms with E-state index in [4.69, 9.17) is 5.73 Å². The monoisotopic (exact) mass is 254 g/mol. The van der Waals surface area contributed by atoms with Crippen molar-refractivity contribution in [2.24, 2.45) is 11.7 Å². The zero-order valence-electron chi connectivity index (χ0n) is 9.96. The molecule has 1 aromatic rings. The van der Waals surface area contributed by atoms with Crippen molar-refractivity contribution in [3.05, 3.63) is 35.4 Å². The molecule has 1 aromatic carbocycles. The van der Waals surface area contributed by atoms with Gasteiger partial charge in [-0.15, -0.1) is 0 Å². The van der Waals surface area contributed by atoms with Crippen LogP contribution in [0.2, 0.25) is 0 Å². The quantitative estimate of drug-likeness (QED) is 0.855. The molecular formula is C13H16F2N2O. The predicted molar refractivity (Wildman–Crippen MR) is 63.8 cm³/mol. The van der Waals surface area contributed by atoms with Gasteiger partial charge in [-0.25, -0.2) is 8.78 Å². The summed E-state index contributed by atoms with van der Waals surface area (Å²) in [4.78, 5) is 11.1. The molecule has 1 heterocycles. The summed E-state index contributed by atoms with van der Waals surface area (Å²) in [6, 6.07) is 3.10. The molecule has 1 aliphatic rings. The molecule has 2 unspecified atom stereocenters. The number of benzene rings is 1. The zero-order chi connectivity index (χ0) is 13.1. The van der Waals surface area contributed by atoms with Crippen molar-refractivity contribution in [1.29, 1.82) is 0 Å². The van der Waals surface area contributed by atoms with E-state index in [9.17, 15) is 13.6 Å². The van der Waals surface area contributed by atoms with Gasteiger partial charge in [0.25, 0.3) is 0 Å². The van der Waals surface area contributed by atoms with E-state index in [1.165, 1.54) is 6.07 Å². The molecule has 3 nitrogen and oxygen atoms in total. The van der Waals surface area contributed by atoms with Gasteiger partial charge in [0.15, 0.2) is 0 Å². The van der Waals surface area contributed by atoms with Gasteiger partial charge < -0.3 is 11.1 Å². The zero-order valence-corrected chi connectivity index (χ0v) is 9.96. The van der Waals surface area contributed by atoms with Crippen LogP contribution in [-0.4, -0.2) is 18.5 Å². The number of hydrogen-bond acceptors (Lipinski definition) is 2.